The van der Waals surface area contributed by atoms with E-state index in [1.54, 1.807) is 27.0 Å². The molecule has 0 radical (unpaired) electrons. The largest absolute Gasteiger partial charge is 0.380 e. The summed E-state index contributed by atoms with van der Waals surface area (Å²) in [5.41, 5.74) is 1.72. The molecular weight excluding hydrogens is 378 g/mol. The fourth-order valence-electron chi connectivity index (χ4n) is 4.78. The first kappa shape index (κ1) is 21.2. The van der Waals surface area contributed by atoms with Gasteiger partial charge in [0.25, 0.3) is 5.91 Å². The van der Waals surface area contributed by atoms with Crippen LogP contribution in [0.15, 0.2) is 17.0 Å². The number of likely N-dealkylation sites (N-methyl/N-ethyl adjacent to an activating group) is 1. The molecule has 1 amide bonds. The van der Waals surface area contributed by atoms with E-state index < -0.39 is 10.0 Å². The number of ether oxygens (including phenoxy) is 1. The molecule has 3 rings (SSSR count). The van der Waals surface area contributed by atoms with Crippen molar-refractivity contribution in [2.45, 2.75) is 43.7 Å². The van der Waals surface area contributed by atoms with Gasteiger partial charge in [0.2, 0.25) is 10.0 Å². The standard InChI is InChI=1S/C20H31N3O4S/c1-12-6-14(9-19(13(12)2)28(21,25)26)20(24)23-10-15-7-17(22(3)4)18(27-5)8-16(15)11-23/h6,9,15-18H,7-8,10-11H2,1-5H3,(H2,21,25,26)/t15-,16+,17-,18-/m1/s1. The topological polar surface area (TPSA) is 92.9 Å². The summed E-state index contributed by atoms with van der Waals surface area (Å²) < 4.78 is 29.5. The van der Waals surface area contributed by atoms with Crippen molar-refractivity contribution < 1.29 is 17.9 Å². The minimum Gasteiger partial charge on any atom is -0.380 e. The highest BCUT2D eigenvalue weighted by Gasteiger charge is 2.44. The first-order valence-corrected chi connectivity index (χ1v) is 11.2. The molecule has 2 N–H and O–H groups in total. The van der Waals surface area contributed by atoms with Crippen LogP contribution < -0.4 is 5.14 Å². The third-order valence-corrected chi connectivity index (χ3v) is 7.55. The lowest BCUT2D eigenvalue weighted by Crippen LogP contribution is -2.47. The van der Waals surface area contributed by atoms with Gasteiger partial charge in [-0.1, -0.05) is 0 Å². The molecule has 28 heavy (non-hydrogen) atoms. The fraction of sp³-hybridized carbons (Fsp3) is 0.650. The second-order valence-corrected chi connectivity index (χ2v) is 10.00. The van der Waals surface area contributed by atoms with Crippen LogP contribution in [0.1, 0.15) is 34.3 Å². The van der Waals surface area contributed by atoms with E-state index in [1.807, 2.05) is 4.90 Å². The van der Waals surface area contributed by atoms with E-state index in [2.05, 4.69) is 19.0 Å². The van der Waals surface area contributed by atoms with Gasteiger partial charge < -0.3 is 14.5 Å². The summed E-state index contributed by atoms with van der Waals surface area (Å²) in [6, 6.07) is 3.52. The summed E-state index contributed by atoms with van der Waals surface area (Å²) in [6.07, 6.45) is 2.10. The number of nitrogens with zero attached hydrogens (tertiary/aromatic N) is 2. The van der Waals surface area contributed by atoms with Crippen LogP contribution in [0.4, 0.5) is 0 Å². The first-order valence-electron chi connectivity index (χ1n) is 9.65. The Morgan fingerprint density at radius 2 is 1.79 bits per heavy atom. The summed E-state index contributed by atoms with van der Waals surface area (Å²) in [7, 11) is 2.01. The Morgan fingerprint density at radius 1 is 1.18 bits per heavy atom. The van der Waals surface area contributed by atoms with Crippen LogP contribution in [0.2, 0.25) is 0 Å². The quantitative estimate of drug-likeness (QED) is 0.811. The number of aryl methyl sites for hydroxylation is 1. The highest BCUT2D eigenvalue weighted by Crippen LogP contribution is 2.39. The van der Waals surface area contributed by atoms with Crippen molar-refractivity contribution in [3.63, 3.8) is 0 Å². The highest BCUT2D eigenvalue weighted by atomic mass is 32.2. The number of hydrogen-bond acceptors (Lipinski definition) is 5. The number of sulfonamides is 1. The number of carbonyl (C=O) groups excluding carboxylic acids is 1. The molecule has 7 nitrogen and oxygen atoms in total. The van der Waals surface area contributed by atoms with E-state index in [0.29, 0.717) is 42.1 Å². The van der Waals surface area contributed by atoms with Crippen molar-refractivity contribution in [3.8, 4) is 0 Å². The Balaban J connectivity index is 1.83. The molecule has 8 heteroatoms. The number of benzene rings is 1. The van der Waals surface area contributed by atoms with Gasteiger partial charge in [0.05, 0.1) is 11.0 Å². The molecule has 1 heterocycles. The normalized spacial score (nSPS) is 27.9. The average Bonchev–Trinajstić information content (AvgIpc) is 3.03. The van der Waals surface area contributed by atoms with Gasteiger partial charge in [-0.15, -0.1) is 0 Å². The van der Waals surface area contributed by atoms with E-state index in [-0.39, 0.29) is 16.9 Å². The zero-order valence-corrected chi connectivity index (χ0v) is 18.1. The second-order valence-electron chi connectivity index (χ2n) is 8.47. The van der Waals surface area contributed by atoms with Crippen molar-refractivity contribution in [2.75, 3.05) is 34.3 Å². The molecule has 0 unspecified atom stereocenters. The first-order chi connectivity index (χ1) is 13.0. The van der Waals surface area contributed by atoms with E-state index in [9.17, 15) is 13.2 Å². The molecule has 0 bridgehead atoms. The number of fused-ring (bicyclic) bond motifs is 1. The molecule has 1 aliphatic carbocycles. The molecular formula is C20H31N3O4S. The van der Waals surface area contributed by atoms with Gasteiger partial charge in [0.15, 0.2) is 0 Å². The van der Waals surface area contributed by atoms with Crippen LogP contribution >= 0.6 is 0 Å². The van der Waals surface area contributed by atoms with Crippen LogP contribution in [0.5, 0.6) is 0 Å². The monoisotopic (exact) mass is 409 g/mol. The summed E-state index contributed by atoms with van der Waals surface area (Å²) in [5.74, 6) is 0.721. The Labute approximate surface area is 167 Å². The van der Waals surface area contributed by atoms with Gasteiger partial charge in [-0.05, 0) is 75.9 Å². The lowest BCUT2D eigenvalue weighted by Gasteiger charge is -2.40. The molecule has 4 atom stereocenters. The smallest absolute Gasteiger partial charge is 0.253 e. The molecule has 1 aliphatic heterocycles. The summed E-state index contributed by atoms with van der Waals surface area (Å²) in [6.45, 7) is 4.89. The zero-order valence-electron chi connectivity index (χ0n) is 17.3. The van der Waals surface area contributed by atoms with Gasteiger partial charge in [-0.25, -0.2) is 13.6 Å². The fourth-order valence-corrected chi connectivity index (χ4v) is 5.66. The lowest BCUT2D eigenvalue weighted by molar-refractivity contribution is -0.0209. The maximum absolute atomic E-state index is 13.1. The Bertz CT molecular complexity index is 868. The van der Waals surface area contributed by atoms with Crippen molar-refractivity contribution in [3.05, 3.63) is 28.8 Å². The van der Waals surface area contributed by atoms with Crippen molar-refractivity contribution >= 4 is 15.9 Å². The molecule has 1 aromatic carbocycles. The van der Waals surface area contributed by atoms with Crippen molar-refractivity contribution in [1.82, 2.24) is 9.80 Å². The summed E-state index contributed by atoms with van der Waals surface area (Å²) in [5, 5.41) is 5.35. The number of methoxy groups -OCH3 is 1. The molecule has 156 valence electrons. The Morgan fingerprint density at radius 3 is 2.32 bits per heavy atom. The van der Waals surface area contributed by atoms with Gasteiger partial charge in [-0.2, -0.15) is 0 Å². The van der Waals surface area contributed by atoms with E-state index in [0.717, 1.165) is 18.4 Å². The maximum atomic E-state index is 13.1. The van der Waals surface area contributed by atoms with Crippen molar-refractivity contribution in [1.29, 1.82) is 0 Å². The predicted octanol–water partition coefficient (Wildman–Crippen LogP) is 1.38. The predicted molar refractivity (Wildman–Crippen MR) is 108 cm³/mol. The molecule has 1 aromatic rings. The number of carbonyl (C=O) groups is 1. The summed E-state index contributed by atoms with van der Waals surface area (Å²) >= 11 is 0. The molecule has 2 aliphatic rings. The minimum atomic E-state index is -3.88. The van der Waals surface area contributed by atoms with E-state index in [4.69, 9.17) is 9.88 Å². The number of rotatable bonds is 4. The number of likely N-dealkylation sites (tertiary alicyclic amines) is 1. The molecule has 2 fully saturated rings. The molecule has 0 aromatic heterocycles. The third-order valence-electron chi connectivity index (χ3n) is 6.51. The van der Waals surface area contributed by atoms with Crippen LogP contribution in [-0.4, -0.2) is 70.6 Å². The van der Waals surface area contributed by atoms with Gasteiger partial charge >= 0.3 is 0 Å². The second kappa shape index (κ2) is 7.74. The summed E-state index contributed by atoms with van der Waals surface area (Å²) in [4.78, 5) is 17.2. The zero-order chi connectivity index (χ0) is 20.8. The van der Waals surface area contributed by atoms with E-state index >= 15 is 0 Å². The van der Waals surface area contributed by atoms with E-state index in [1.165, 1.54) is 6.07 Å². The van der Waals surface area contributed by atoms with Gasteiger partial charge in [0.1, 0.15) is 0 Å². The van der Waals surface area contributed by atoms with Crippen molar-refractivity contribution in [2.24, 2.45) is 17.0 Å². The third kappa shape index (κ3) is 3.96. The minimum absolute atomic E-state index is 0.0274. The molecule has 0 spiro atoms. The maximum Gasteiger partial charge on any atom is 0.253 e. The lowest BCUT2D eigenvalue weighted by atomic mass is 9.77. The Hall–Kier alpha value is -1.48. The number of hydrogen-bond donors (Lipinski definition) is 1. The van der Waals surface area contributed by atoms with Crippen LogP contribution in [-0.2, 0) is 14.8 Å². The molecule has 1 saturated heterocycles. The van der Waals surface area contributed by atoms with Gasteiger partial charge in [-0.3, -0.25) is 4.79 Å². The average molecular weight is 410 g/mol. The number of amides is 1. The van der Waals surface area contributed by atoms with Crippen LogP contribution in [0, 0.1) is 25.7 Å². The van der Waals surface area contributed by atoms with Crippen LogP contribution in [0.25, 0.3) is 0 Å². The highest BCUT2D eigenvalue weighted by molar-refractivity contribution is 7.89. The van der Waals surface area contributed by atoms with Crippen LogP contribution in [0.3, 0.4) is 0 Å². The number of nitrogens with two attached hydrogens (primary N) is 1. The van der Waals surface area contributed by atoms with Gasteiger partial charge in [0, 0.05) is 31.8 Å². The molecule has 1 saturated carbocycles. The Kier molecular flexibility index (Phi) is 5.87. The SMILES string of the molecule is CO[C@@H]1C[C@H]2CN(C(=O)c3cc(C)c(C)c(S(N)(=O)=O)c3)C[C@H]2C[C@H]1N(C)C. The number of primary sulfonamides is 1.